The molecule has 0 aromatic heterocycles. The van der Waals surface area contributed by atoms with Gasteiger partial charge in [0.05, 0.1) is 0 Å². The van der Waals surface area contributed by atoms with Crippen LogP contribution in [0.3, 0.4) is 0 Å². The zero-order valence-corrected chi connectivity index (χ0v) is 6.34. The van der Waals surface area contributed by atoms with Gasteiger partial charge in [0, 0.05) is 0 Å². The van der Waals surface area contributed by atoms with Gasteiger partial charge in [-0.25, -0.2) is 4.18 Å². The summed E-state index contributed by atoms with van der Waals surface area (Å²) in [5, 5.41) is 0. The van der Waals surface area contributed by atoms with E-state index >= 15 is 0 Å². The van der Waals surface area contributed by atoms with Gasteiger partial charge < -0.3 is 11.5 Å². The molecular formula is C4H12N2O3S. The Morgan fingerprint density at radius 3 is 2.70 bits per heavy atom. The molecule has 0 rings (SSSR count). The number of hydrogen-bond acceptors (Lipinski definition) is 4. The first-order valence-electron chi connectivity index (χ1n) is 2.90. The second-order valence-electron chi connectivity index (χ2n) is 1.78. The molecule has 0 bridgehead atoms. The highest BCUT2D eigenvalue weighted by atomic mass is 32.2. The van der Waals surface area contributed by atoms with E-state index in [1.54, 1.807) is 0 Å². The van der Waals surface area contributed by atoms with Gasteiger partial charge in [0.1, 0.15) is 6.23 Å². The van der Waals surface area contributed by atoms with Gasteiger partial charge in [0.2, 0.25) is 0 Å². The van der Waals surface area contributed by atoms with Gasteiger partial charge in [0.15, 0.2) is 0 Å². The van der Waals surface area contributed by atoms with Crippen LogP contribution in [0.5, 0.6) is 0 Å². The van der Waals surface area contributed by atoms with Crippen LogP contribution in [0.25, 0.3) is 0 Å². The topological polar surface area (TPSA) is 98.6 Å². The van der Waals surface area contributed by atoms with Crippen LogP contribution in [0.4, 0.5) is 0 Å². The fourth-order valence-electron chi connectivity index (χ4n) is 0.473. The molecule has 5 N–H and O–H groups in total. The average Bonchev–Trinajstić information content (AvgIpc) is 1.82. The molecule has 2 atom stereocenters. The Hall–Kier alpha value is -0.0100. The van der Waals surface area contributed by atoms with Crippen molar-refractivity contribution >= 4 is 11.4 Å². The highest BCUT2D eigenvalue weighted by Gasteiger charge is 2.04. The molecule has 0 amide bonds. The van der Waals surface area contributed by atoms with E-state index in [0.717, 1.165) is 0 Å². The lowest BCUT2D eigenvalue weighted by Gasteiger charge is -2.06. The zero-order chi connectivity index (χ0) is 7.98. The van der Waals surface area contributed by atoms with Crippen molar-refractivity contribution in [2.45, 2.75) is 19.1 Å². The van der Waals surface area contributed by atoms with Crippen LogP contribution >= 0.6 is 0 Å². The lowest BCUT2D eigenvalue weighted by atomic mass is 10.3. The van der Waals surface area contributed by atoms with Crippen LogP contribution in [-0.4, -0.2) is 21.5 Å². The van der Waals surface area contributed by atoms with Crippen molar-refractivity contribution in [3.63, 3.8) is 0 Å². The van der Waals surface area contributed by atoms with E-state index in [1.807, 2.05) is 0 Å². The second kappa shape index (κ2) is 5.75. The first-order chi connectivity index (χ1) is 4.66. The van der Waals surface area contributed by atoms with E-state index in [2.05, 4.69) is 4.18 Å². The molecule has 0 heterocycles. The fraction of sp³-hybridized carbons (Fsp3) is 1.00. The first-order valence-corrected chi connectivity index (χ1v) is 3.93. The SMILES string of the molecule is NCCCC(N)OS(=O)O. The van der Waals surface area contributed by atoms with Crippen LogP contribution in [0, 0.1) is 0 Å². The summed E-state index contributed by atoms with van der Waals surface area (Å²) in [6, 6.07) is 0. The first kappa shape index (κ1) is 9.99. The third-order valence-electron chi connectivity index (χ3n) is 0.899. The summed E-state index contributed by atoms with van der Waals surface area (Å²) < 4.78 is 22.4. The van der Waals surface area contributed by atoms with Crippen molar-refractivity contribution in [2.24, 2.45) is 11.5 Å². The smallest absolute Gasteiger partial charge is 0.303 e. The Kier molecular flexibility index (Phi) is 5.74. The molecule has 6 heteroatoms. The summed E-state index contributed by atoms with van der Waals surface area (Å²) in [5.74, 6) is 0. The van der Waals surface area contributed by atoms with Crippen LogP contribution in [0.1, 0.15) is 12.8 Å². The summed E-state index contributed by atoms with van der Waals surface area (Å²) >= 11 is -2.26. The van der Waals surface area contributed by atoms with Gasteiger partial charge in [-0.15, -0.1) is 0 Å². The number of hydrogen-bond donors (Lipinski definition) is 3. The van der Waals surface area contributed by atoms with E-state index in [0.29, 0.717) is 19.4 Å². The molecule has 0 aliphatic carbocycles. The fourth-order valence-corrected chi connectivity index (χ4v) is 0.781. The molecule has 0 aliphatic rings. The van der Waals surface area contributed by atoms with Crippen LogP contribution in [-0.2, 0) is 15.5 Å². The van der Waals surface area contributed by atoms with Gasteiger partial charge in [-0.05, 0) is 19.4 Å². The summed E-state index contributed by atoms with van der Waals surface area (Å²) in [6.07, 6.45) is 0.510. The molecule has 10 heavy (non-hydrogen) atoms. The molecule has 0 spiro atoms. The predicted octanol–water partition coefficient (Wildman–Crippen LogP) is -0.837. The van der Waals surface area contributed by atoms with Gasteiger partial charge in [-0.3, -0.25) is 4.55 Å². The van der Waals surface area contributed by atoms with Crippen molar-refractivity contribution in [3.05, 3.63) is 0 Å². The maximum absolute atomic E-state index is 9.95. The van der Waals surface area contributed by atoms with Gasteiger partial charge >= 0.3 is 11.4 Å². The predicted molar refractivity (Wildman–Crippen MR) is 38.1 cm³/mol. The van der Waals surface area contributed by atoms with Gasteiger partial charge in [0.25, 0.3) is 0 Å². The number of nitrogens with two attached hydrogens (primary N) is 2. The van der Waals surface area contributed by atoms with Crippen molar-refractivity contribution in [1.29, 1.82) is 0 Å². The minimum atomic E-state index is -2.26. The van der Waals surface area contributed by atoms with E-state index in [-0.39, 0.29) is 0 Å². The normalized spacial score (nSPS) is 16.7. The third-order valence-corrected chi connectivity index (χ3v) is 1.31. The molecule has 62 valence electrons. The van der Waals surface area contributed by atoms with Crippen molar-refractivity contribution < 1.29 is 12.9 Å². The molecule has 0 fully saturated rings. The minimum absolute atomic E-state index is 0.503. The summed E-state index contributed by atoms with van der Waals surface area (Å²) in [6.45, 7) is 0.509. The quantitative estimate of drug-likeness (QED) is 0.367. The van der Waals surface area contributed by atoms with Crippen LogP contribution in [0.15, 0.2) is 0 Å². The molecule has 0 saturated carbocycles. The minimum Gasteiger partial charge on any atom is -0.330 e. The summed E-state index contributed by atoms with van der Waals surface area (Å²) in [5.41, 5.74) is 10.4. The van der Waals surface area contributed by atoms with Crippen LogP contribution < -0.4 is 11.5 Å². The second-order valence-corrected chi connectivity index (χ2v) is 2.41. The largest absolute Gasteiger partial charge is 0.330 e. The third kappa shape index (κ3) is 6.12. The van der Waals surface area contributed by atoms with Crippen molar-refractivity contribution in [3.8, 4) is 0 Å². The molecule has 5 nitrogen and oxygen atoms in total. The van der Waals surface area contributed by atoms with Gasteiger partial charge in [-0.2, -0.15) is 4.21 Å². The van der Waals surface area contributed by atoms with Crippen molar-refractivity contribution in [2.75, 3.05) is 6.54 Å². The monoisotopic (exact) mass is 168 g/mol. The molecule has 0 aromatic carbocycles. The van der Waals surface area contributed by atoms with Crippen molar-refractivity contribution in [1.82, 2.24) is 0 Å². The van der Waals surface area contributed by atoms with E-state index in [4.69, 9.17) is 16.0 Å². The Labute approximate surface area is 62.2 Å². The highest BCUT2D eigenvalue weighted by Crippen LogP contribution is 1.95. The van der Waals surface area contributed by atoms with E-state index < -0.39 is 17.6 Å². The molecule has 0 radical (unpaired) electrons. The average molecular weight is 168 g/mol. The lowest BCUT2D eigenvalue weighted by molar-refractivity contribution is 0.199. The Morgan fingerprint density at radius 1 is 1.70 bits per heavy atom. The molecule has 0 aromatic rings. The lowest BCUT2D eigenvalue weighted by Crippen LogP contribution is -2.25. The maximum atomic E-state index is 9.95. The molecule has 0 aliphatic heterocycles. The van der Waals surface area contributed by atoms with Gasteiger partial charge in [-0.1, -0.05) is 0 Å². The van der Waals surface area contributed by atoms with E-state index in [1.165, 1.54) is 0 Å². The summed E-state index contributed by atoms with van der Waals surface area (Å²) in [4.78, 5) is 0. The Morgan fingerprint density at radius 2 is 2.30 bits per heavy atom. The Balaban J connectivity index is 3.25. The molecule has 0 saturated heterocycles. The van der Waals surface area contributed by atoms with Crippen LogP contribution in [0.2, 0.25) is 0 Å². The van der Waals surface area contributed by atoms with E-state index in [9.17, 15) is 4.21 Å². The maximum Gasteiger partial charge on any atom is 0.303 e. The number of rotatable bonds is 5. The standard InChI is InChI=1S/C4H12N2O3S/c5-3-1-2-4(6)9-10(7)8/h4H,1-3,5-6H2,(H,7,8). The Bertz CT molecular complexity index is 111. The molecular weight excluding hydrogens is 156 g/mol. The summed E-state index contributed by atoms with van der Waals surface area (Å²) in [7, 11) is 0. The molecule has 2 unspecified atom stereocenters. The zero-order valence-electron chi connectivity index (χ0n) is 5.53. The highest BCUT2D eigenvalue weighted by molar-refractivity contribution is 7.74.